The van der Waals surface area contributed by atoms with E-state index in [0.717, 1.165) is 37.3 Å². The van der Waals surface area contributed by atoms with E-state index in [1.165, 1.54) is 26.0 Å². The molecule has 0 radical (unpaired) electrons. The molecule has 0 aliphatic heterocycles. The van der Waals surface area contributed by atoms with Gasteiger partial charge in [-0.3, -0.25) is 0 Å². The summed E-state index contributed by atoms with van der Waals surface area (Å²) in [6, 6.07) is 10.00. The molecule has 2 saturated carbocycles. The number of alkyl halides is 2. The lowest BCUT2D eigenvalue weighted by molar-refractivity contribution is -0.253. The van der Waals surface area contributed by atoms with E-state index in [0.29, 0.717) is 41.4 Å². The molecule has 0 saturated heterocycles. The lowest BCUT2D eigenvalue weighted by atomic mass is 9.77. The fourth-order valence-corrected chi connectivity index (χ4v) is 6.04. The van der Waals surface area contributed by atoms with Gasteiger partial charge < -0.3 is 4.74 Å². The van der Waals surface area contributed by atoms with Crippen molar-refractivity contribution in [3.63, 3.8) is 0 Å². The average Bonchev–Trinajstić information content (AvgIpc) is 2.93. The maximum absolute atomic E-state index is 15.2. The first-order valence-corrected chi connectivity index (χ1v) is 14.3. The highest BCUT2D eigenvalue weighted by Gasteiger charge is 2.44. The topological polar surface area (TPSA) is 9.23 Å². The molecule has 6 heteroatoms. The van der Waals surface area contributed by atoms with Crippen LogP contribution in [-0.4, -0.2) is 6.11 Å². The molecule has 0 bridgehead atoms. The second-order valence-corrected chi connectivity index (χ2v) is 11.6. The number of hydrogen-bond donors (Lipinski definition) is 0. The highest BCUT2D eigenvalue weighted by Crippen LogP contribution is 2.45. The summed E-state index contributed by atoms with van der Waals surface area (Å²) >= 11 is 0. The van der Waals surface area contributed by atoms with Crippen LogP contribution in [0.5, 0.6) is 0 Å². The quantitative estimate of drug-likeness (QED) is 0.178. The minimum atomic E-state index is -3.49. The number of ether oxygens (including phenoxy) is 1. The molecule has 0 aromatic heterocycles. The zero-order valence-electron chi connectivity index (χ0n) is 23.6. The van der Waals surface area contributed by atoms with E-state index in [9.17, 15) is 13.2 Å². The van der Waals surface area contributed by atoms with Crippen LogP contribution in [0.3, 0.4) is 0 Å². The van der Waals surface area contributed by atoms with Gasteiger partial charge in [0.05, 0.1) is 5.92 Å². The average molecular weight is 559 g/mol. The Morgan fingerprint density at radius 3 is 2.12 bits per heavy atom. The smallest absolute Gasteiger partial charge is 0.400 e. The summed E-state index contributed by atoms with van der Waals surface area (Å²) in [6.07, 6.45) is 4.13. The molecule has 2 aromatic rings. The summed E-state index contributed by atoms with van der Waals surface area (Å²) < 4.78 is 78.9. The maximum Gasteiger partial charge on any atom is 0.400 e. The summed E-state index contributed by atoms with van der Waals surface area (Å²) in [5.41, 5.74) is 2.40. The molecule has 0 atom stereocenters. The summed E-state index contributed by atoms with van der Waals surface area (Å²) in [4.78, 5) is 0. The molecular formula is C34H39F5O. The second kappa shape index (κ2) is 12.7. The van der Waals surface area contributed by atoms with Gasteiger partial charge in [0, 0.05) is 11.6 Å². The lowest BCUT2D eigenvalue weighted by Gasteiger charge is -2.33. The highest BCUT2D eigenvalue weighted by molar-refractivity contribution is 5.65. The van der Waals surface area contributed by atoms with Gasteiger partial charge in [-0.25, -0.2) is 13.2 Å². The van der Waals surface area contributed by atoms with Crippen LogP contribution in [0.4, 0.5) is 22.0 Å². The van der Waals surface area contributed by atoms with Crippen LogP contribution in [0.1, 0.15) is 95.1 Å². The highest BCUT2D eigenvalue weighted by atomic mass is 19.3. The molecule has 4 rings (SSSR count). The van der Waals surface area contributed by atoms with E-state index in [2.05, 4.69) is 13.5 Å². The predicted octanol–water partition coefficient (Wildman–Crippen LogP) is 11.1. The van der Waals surface area contributed by atoms with Crippen LogP contribution >= 0.6 is 0 Å². The molecule has 40 heavy (non-hydrogen) atoms. The molecular weight excluding hydrogens is 519 g/mol. The van der Waals surface area contributed by atoms with Crippen molar-refractivity contribution < 1.29 is 26.7 Å². The fourth-order valence-electron chi connectivity index (χ4n) is 6.04. The molecule has 0 spiro atoms. The fraction of sp³-hybridized carbons (Fsp3) is 0.471. The van der Waals surface area contributed by atoms with E-state index < -0.39 is 23.7 Å². The molecule has 0 N–H and O–H groups in total. The van der Waals surface area contributed by atoms with Crippen molar-refractivity contribution in [3.8, 4) is 11.1 Å². The molecule has 2 aliphatic carbocycles. The van der Waals surface area contributed by atoms with Gasteiger partial charge in [-0.15, -0.1) is 0 Å². The van der Waals surface area contributed by atoms with E-state index in [1.807, 2.05) is 6.07 Å². The van der Waals surface area contributed by atoms with Crippen molar-refractivity contribution in [2.45, 2.75) is 90.1 Å². The van der Waals surface area contributed by atoms with E-state index in [1.54, 1.807) is 24.3 Å². The van der Waals surface area contributed by atoms with E-state index in [4.69, 9.17) is 4.74 Å². The van der Waals surface area contributed by atoms with Gasteiger partial charge in [0.1, 0.15) is 23.2 Å². The van der Waals surface area contributed by atoms with Crippen LogP contribution in [0, 0.1) is 23.5 Å². The van der Waals surface area contributed by atoms with Gasteiger partial charge in [-0.1, -0.05) is 50.6 Å². The molecule has 216 valence electrons. The zero-order valence-corrected chi connectivity index (χ0v) is 23.6. The van der Waals surface area contributed by atoms with Crippen molar-refractivity contribution in [2.24, 2.45) is 11.8 Å². The third-order valence-corrected chi connectivity index (χ3v) is 8.65. The molecule has 1 nitrogen and oxygen atoms in total. The Kier molecular flexibility index (Phi) is 9.58. The first-order chi connectivity index (χ1) is 19.0. The monoisotopic (exact) mass is 558 g/mol. The Labute approximate surface area is 234 Å². The normalized spacial score (nSPS) is 24.6. The SMILES string of the molecule is C=C(C)/C(F)=C\C(=C/C)OC(F)(F)C1CCC(c2ccc(-c3ccc(C4CCC(C)CC4)cc3F)cc2F)CC1. The third-order valence-electron chi connectivity index (χ3n) is 8.65. The van der Waals surface area contributed by atoms with Crippen LogP contribution in [0.25, 0.3) is 11.1 Å². The van der Waals surface area contributed by atoms with Gasteiger partial charge in [0.15, 0.2) is 0 Å². The molecule has 2 aliphatic rings. The number of rotatable bonds is 8. The first kappa shape index (κ1) is 30.1. The second-order valence-electron chi connectivity index (χ2n) is 11.6. The number of allylic oxidation sites excluding steroid dienone is 4. The number of benzene rings is 2. The Hall–Kier alpha value is -2.89. The summed E-state index contributed by atoms with van der Waals surface area (Å²) in [5.74, 6) is -2.00. The van der Waals surface area contributed by atoms with Gasteiger partial charge in [0.2, 0.25) is 0 Å². The first-order valence-electron chi connectivity index (χ1n) is 14.3. The Balaban J connectivity index is 1.40. The minimum Gasteiger partial charge on any atom is -0.433 e. The Morgan fingerprint density at radius 2 is 1.55 bits per heavy atom. The largest absolute Gasteiger partial charge is 0.433 e. The molecule has 0 unspecified atom stereocenters. The van der Waals surface area contributed by atoms with Crippen LogP contribution in [0.15, 0.2) is 72.3 Å². The van der Waals surface area contributed by atoms with Gasteiger partial charge in [-0.2, -0.15) is 8.78 Å². The minimum absolute atomic E-state index is 0.119. The standard InChI is InChI=1S/C34H39F5O/c1-5-28(20-31(35)21(2)3)40-34(38,39)27-14-10-24(11-15-27)29-17-13-26(19-33(29)37)30-16-12-25(18-32(30)36)23-8-6-22(4)7-9-23/h5,12-13,16-20,22-24,27H,2,6-11,14-15H2,1,3-4H3/b28-5+,31-20+. The Bertz CT molecular complexity index is 1260. The van der Waals surface area contributed by atoms with E-state index >= 15 is 8.78 Å². The van der Waals surface area contributed by atoms with Crippen LogP contribution < -0.4 is 0 Å². The molecule has 2 fully saturated rings. The van der Waals surface area contributed by atoms with Gasteiger partial charge in [0.25, 0.3) is 0 Å². The van der Waals surface area contributed by atoms with Gasteiger partial charge in [-0.05, 0) is 111 Å². The third kappa shape index (κ3) is 7.05. The molecule has 0 amide bonds. The Morgan fingerprint density at radius 1 is 0.900 bits per heavy atom. The predicted molar refractivity (Wildman–Crippen MR) is 151 cm³/mol. The van der Waals surface area contributed by atoms with Crippen LogP contribution in [-0.2, 0) is 4.74 Å². The van der Waals surface area contributed by atoms with E-state index in [-0.39, 0.29) is 35.9 Å². The lowest BCUT2D eigenvalue weighted by Crippen LogP contribution is -2.34. The maximum atomic E-state index is 15.2. The summed E-state index contributed by atoms with van der Waals surface area (Å²) in [6.45, 7) is 8.65. The van der Waals surface area contributed by atoms with Crippen molar-refractivity contribution in [2.75, 3.05) is 0 Å². The number of hydrogen-bond acceptors (Lipinski definition) is 1. The molecule has 2 aromatic carbocycles. The van der Waals surface area contributed by atoms with Crippen molar-refractivity contribution in [1.82, 2.24) is 0 Å². The van der Waals surface area contributed by atoms with Crippen molar-refractivity contribution in [3.05, 3.63) is 95.0 Å². The van der Waals surface area contributed by atoms with Crippen molar-refractivity contribution >= 4 is 0 Å². The molecule has 0 heterocycles. The summed E-state index contributed by atoms with van der Waals surface area (Å²) in [5, 5.41) is 0. The van der Waals surface area contributed by atoms with Crippen molar-refractivity contribution in [1.29, 1.82) is 0 Å². The summed E-state index contributed by atoms with van der Waals surface area (Å²) in [7, 11) is 0. The van der Waals surface area contributed by atoms with Crippen LogP contribution in [0.2, 0.25) is 0 Å². The number of halogens is 5. The van der Waals surface area contributed by atoms with Gasteiger partial charge >= 0.3 is 6.11 Å². The zero-order chi connectivity index (χ0) is 29.0.